The fourth-order valence-corrected chi connectivity index (χ4v) is 1.29. The van der Waals surface area contributed by atoms with Gasteiger partial charge in [-0.1, -0.05) is 12.1 Å². The van der Waals surface area contributed by atoms with Gasteiger partial charge >= 0.3 is 0 Å². The average molecular weight is 225 g/mol. The Kier molecular flexibility index (Phi) is 3.87. The number of amidine groups is 1. The molecule has 0 fully saturated rings. The molecule has 0 bridgehead atoms. The summed E-state index contributed by atoms with van der Waals surface area (Å²) in [5, 5.41) is 17.9. The van der Waals surface area contributed by atoms with Gasteiger partial charge < -0.3 is 16.3 Å². The van der Waals surface area contributed by atoms with Crippen molar-refractivity contribution in [2.24, 2.45) is 17.9 Å². The van der Waals surface area contributed by atoms with Gasteiger partial charge in [0.1, 0.15) is 5.84 Å². The van der Waals surface area contributed by atoms with Crippen LogP contribution in [0.15, 0.2) is 11.4 Å². The van der Waals surface area contributed by atoms with Crippen molar-refractivity contribution in [2.45, 2.75) is 19.8 Å². The number of oxime groups is 1. The van der Waals surface area contributed by atoms with E-state index in [2.05, 4.69) is 15.6 Å². The first kappa shape index (κ1) is 12.0. The fraction of sp³-hybridized carbons (Fsp3) is 0.444. The molecule has 88 valence electrons. The smallest absolute Gasteiger partial charge is 0.232 e. The van der Waals surface area contributed by atoms with Crippen molar-refractivity contribution in [2.75, 3.05) is 5.32 Å². The van der Waals surface area contributed by atoms with Gasteiger partial charge in [0, 0.05) is 13.2 Å². The molecule has 1 aromatic heterocycles. The van der Waals surface area contributed by atoms with E-state index in [9.17, 15) is 4.79 Å². The van der Waals surface area contributed by atoms with Gasteiger partial charge in [0.15, 0.2) is 0 Å². The summed E-state index contributed by atoms with van der Waals surface area (Å²) in [7, 11) is 1.78. The normalized spacial score (nSPS) is 11.5. The summed E-state index contributed by atoms with van der Waals surface area (Å²) in [6.07, 6.45) is 2.29. The molecule has 4 N–H and O–H groups in total. The quantitative estimate of drug-likeness (QED) is 0.291. The van der Waals surface area contributed by atoms with Gasteiger partial charge in [-0.3, -0.25) is 9.48 Å². The highest BCUT2D eigenvalue weighted by Gasteiger charge is 2.10. The number of nitrogens with zero attached hydrogens (tertiary/aromatic N) is 3. The lowest BCUT2D eigenvalue weighted by Gasteiger charge is -2.02. The number of amides is 1. The number of hydrogen-bond acceptors (Lipinski definition) is 4. The van der Waals surface area contributed by atoms with Crippen LogP contribution in [-0.4, -0.2) is 26.7 Å². The number of nitrogens with one attached hydrogen (secondary N) is 1. The van der Waals surface area contributed by atoms with Crippen molar-refractivity contribution in [1.82, 2.24) is 9.78 Å². The van der Waals surface area contributed by atoms with E-state index in [4.69, 9.17) is 10.9 Å². The van der Waals surface area contributed by atoms with Crippen molar-refractivity contribution in [3.05, 3.63) is 11.9 Å². The molecule has 16 heavy (non-hydrogen) atoms. The van der Waals surface area contributed by atoms with Crippen LogP contribution in [0.1, 0.15) is 19.0 Å². The van der Waals surface area contributed by atoms with Gasteiger partial charge in [0.2, 0.25) is 5.91 Å². The van der Waals surface area contributed by atoms with Gasteiger partial charge in [-0.2, -0.15) is 5.10 Å². The number of anilines is 1. The van der Waals surface area contributed by atoms with Crippen LogP contribution in [0, 0.1) is 0 Å². The summed E-state index contributed by atoms with van der Waals surface area (Å²) in [6, 6.07) is 0. The van der Waals surface area contributed by atoms with Gasteiger partial charge in [-0.15, -0.1) is 0 Å². The molecule has 0 saturated carbocycles. The van der Waals surface area contributed by atoms with Crippen molar-refractivity contribution in [3.63, 3.8) is 0 Å². The summed E-state index contributed by atoms with van der Waals surface area (Å²) in [4.78, 5) is 11.4. The topological polar surface area (TPSA) is 106 Å². The van der Waals surface area contributed by atoms with E-state index < -0.39 is 0 Å². The third kappa shape index (κ3) is 2.97. The second-order valence-corrected chi connectivity index (χ2v) is 3.33. The SMILES string of the molecule is CCc1nn(C)cc1NC(=O)C/C(N)=N/O. The standard InChI is InChI=1S/C9H15N5O2/c1-3-6-7(5-14(2)12-6)11-9(15)4-8(10)13-16/h5,16H,3-4H2,1-2H3,(H2,10,13)(H,11,15). The van der Waals surface area contributed by atoms with E-state index in [1.54, 1.807) is 17.9 Å². The predicted octanol–water partition coefficient (Wildman–Crippen LogP) is 0.0575. The van der Waals surface area contributed by atoms with Gasteiger partial charge in [0.05, 0.1) is 17.8 Å². The van der Waals surface area contributed by atoms with Crippen molar-refractivity contribution >= 4 is 17.4 Å². The molecule has 0 saturated heterocycles. The average Bonchev–Trinajstić information content (AvgIpc) is 2.58. The highest BCUT2D eigenvalue weighted by atomic mass is 16.4. The predicted molar refractivity (Wildman–Crippen MR) is 59.2 cm³/mol. The molecule has 1 amide bonds. The number of carbonyl (C=O) groups is 1. The molecule has 1 heterocycles. The lowest BCUT2D eigenvalue weighted by Crippen LogP contribution is -2.22. The Morgan fingerprint density at radius 1 is 1.75 bits per heavy atom. The van der Waals surface area contributed by atoms with Gasteiger partial charge in [-0.25, -0.2) is 0 Å². The number of aromatic nitrogens is 2. The Labute approximate surface area is 92.9 Å². The zero-order valence-corrected chi connectivity index (χ0v) is 9.27. The Hall–Kier alpha value is -2.05. The lowest BCUT2D eigenvalue weighted by molar-refractivity contribution is -0.115. The second kappa shape index (κ2) is 5.15. The highest BCUT2D eigenvalue weighted by molar-refractivity contribution is 6.04. The largest absolute Gasteiger partial charge is 0.409 e. The minimum atomic E-state index is -0.335. The number of hydrogen-bond donors (Lipinski definition) is 3. The molecule has 7 nitrogen and oxygen atoms in total. The van der Waals surface area contributed by atoms with Crippen LogP contribution in [0.5, 0.6) is 0 Å². The van der Waals surface area contributed by atoms with Crippen LogP contribution in [0.4, 0.5) is 5.69 Å². The van der Waals surface area contributed by atoms with E-state index in [1.165, 1.54) is 0 Å². The zero-order chi connectivity index (χ0) is 12.1. The maximum atomic E-state index is 11.4. The molecular weight excluding hydrogens is 210 g/mol. The summed E-state index contributed by atoms with van der Waals surface area (Å²) in [5.41, 5.74) is 6.68. The highest BCUT2D eigenvalue weighted by Crippen LogP contribution is 2.13. The summed E-state index contributed by atoms with van der Waals surface area (Å²) in [5.74, 6) is -0.461. The molecular formula is C9H15N5O2. The molecule has 0 unspecified atom stereocenters. The van der Waals surface area contributed by atoms with Crippen LogP contribution in [-0.2, 0) is 18.3 Å². The van der Waals surface area contributed by atoms with E-state index in [-0.39, 0.29) is 18.2 Å². The summed E-state index contributed by atoms with van der Waals surface area (Å²) >= 11 is 0. The molecule has 0 aliphatic heterocycles. The Morgan fingerprint density at radius 2 is 2.44 bits per heavy atom. The molecule has 0 spiro atoms. The first-order valence-electron chi connectivity index (χ1n) is 4.85. The maximum absolute atomic E-state index is 11.4. The minimum absolute atomic E-state index is 0.126. The van der Waals surface area contributed by atoms with E-state index in [1.807, 2.05) is 6.92 Å². The molecule has 0 aliphatic carbocycles. The molecule has 7 heteroatoms. The van der Waals surface area contributed by atoms with E-state index >= 15 is 0 Å². The minimum Gasteiger partial charge on any atom is -0.409 e. The van der Waals surface area contributed by atoms with Gasteiger partial charge in [0.25, 0.3) is 0 Å². The van der Waals surface area contributed by atoms with Crippen molar-refractivity contribution in [3.8, 4) is 0 Å². The molecule has 0 aliphatic rings. The zero-order valence-electron chi connectivity index (χ0n) is 9.27. The van der Waals surface area contributed by atoms with Crippen LogP contribution in [0.2, 0.25) is 0 Å². The maximum Gasteiger partial charge on any atom is 0.232 e. The monoisotopic (exact) mass is 225 g/mol. The third-order valence-corrected chi connectivity index (χ3v) is 1.98. The molecule has 1 rings (SSSR count). The van der Waals surface area contributed by atoms with Crippen LogP contribution in [0.3, 0.4) is 0 Å². The Balaban J connectivity index is 2.69. The van der Waals surface area contributed by atoms with Crippen LogP contribution >= 0.6 is 0 Å². The van der Waals surface area contributed by atoms with Crippen LogP contribution < -0.4 is 11.1 Å². The van der Waals surface area contributed by atoms with Crippen molar-refractivity contribution < 1.29 is 10.0 Å². The Morgan fingerprint density at radius 3 is 3.00 bits per heavy atom. The first-order chi connectivity index (χ1) is 7.56. The van der Waals surface area contributed by atoms with Crippen LogP contribution in [0.25, 0.3) is 0 Å². The third-order valence-electron chi connectivity index (χ3n) is 1.98. The first-order valence-corrected chi connectivity index (χ1v) is 4.85. The van der Waals surface area contributed by atoms with Gasteiger partial charge in [-0.05, 0) is 6.42 Å². The number of carbonyl (C=O) groups excluding carboxylic acids is 1. The van der Waals surface area contributed by atoms with Crippen molar-refractivity contribution in [1.29, 1.82) is 0 Å². The summed E-state index contributed by atoms with van der Waals surface area (Å²) < 4.78 is 1.62. The molecule has 0 atom stereocenters. The Bertz CT molecular complexity index is 410. The lowest BCUT2D eigenvalue weighted by atomic mass is 10.3. The molecule has 0 radical (unpaired) electrons. The number of aryl methyl sites for hydroxylation is 2. The molecule has 0 aromatic carbocycles. The number of rotatable bonds is 4. The summed E-state index contributed by atoms with van der Waals surface area (Å²) in [6.45, 7) is 1.95. The second-order valence-electron chi connectivity index (χ2n) is 3.33. The molecule has 1 aromatic rings. The van der Waals surface area contributed by atoms with E-state index in [0.29, 0.717) is 5.69 Å². The van der Waals surface area contributed by atoms with E-state index in [0.717, 1.165) is 12.1 Å². The number of nitrogens with two attached hydrogens (primary N) is 1. The fourth-order valence-electron chi connectivity index (χ4n) is 1.29.